The number of carbonyl (C=O) groups is 2. The summed E-state index contributed by atoms with van der Waals surface area (Å²) in [5.74, 6) is 2.14. The third-order valence-corrected chi connectivity index (χ3v) is 3.64. The highest BCUT2D eigenvalue weighted by Crippen LogP contribution is 2.18. The molecule has 1 fully saturated rings. The highest BCUT2D eigenvalue weighted by atomic mass is 32.2. The van der Waals surface area contributed by atoms with Gasteiger partial charge < -0.3 is 14.6 Å². The molecule has 0 spiro atoms. The van der Waals surface area contributed by atoms with Gasteiger partial charge in [0.05, 0.1) is 6.04 Å². The van der Waals surface area contributed by atoms with Crippen molar-refractivity contribution in [3.63, 3.8) is 0 Å². The SMILES string of the molecule is Cc1ccc([C@H](C)NC(=O)CN2CCSC2=O)o1. The van der Waals surface area contributed by atoms with E-state index in [1.165, 1.54) is 11.8 Å². The van der Waals surface area contributed by atoms with E-state index in [4.69, 9.17) is 4.42 Å². The van der Waals surface area contributed by atoms with E-state index < -0.39 is 0 Å². The Morgan fingerprint density at radius 2 is 2.39 bits per heavy atom. The minimum Gasteiger partial charge on any atom is -0.464 e. The number of rotatable bonds is 4. The van der Waals surface area contributed by atoms with Crippen molar-refractivity contribution < 1.29 is 14.0 Å². The number of carbonyl (C=O) groups excluding carboxylic acids is 2. The lowest BCUT2D eigenvalue weighted by molar-refractivity contribution is -0.122. The fraction of sp³-hybridized carbons (Fsp3) is 0.500. The molecular weight excluding hydrogens is 252 g/mol. The van der Waals surface area contributed by atoms with Crippen molar-refractivity contribution in [2.75, 3.05) is 18.8 Å². The zero-order chi connectivity index (χ0) is 13.1. The van der Waals surface area contributed by atoms with Gasteiger partial charge >= 0.3 is 0 Å². The van der Waals surface area contributed by atoms with Crippen molar-refractivity contribution in [3.05, 3.63) is 23.7 Å². The van der Waals surface area contributed by atoms with Crippen LogP contribution in [0.1, 0.15) is 24.5 Å². The quantitative estimate of drug-likeness (QED) is 0.906. The summed E-state index contributed by atoms with van der Waals surface area (Å²) in [5.41, 5.74) is 0. The molecule has 1 aliphatic rings. The van der Waals surface area contributed by atoms with E-state index in [0.29, 0.717) is 6.54 Å². The van der Waals surface area contributed by atoms with Crippen LogP contribution in [0.4, 0.5) is 4.79 Å². The zero-order valence-corrected chi connectivity index (χ0v) is 11.3. The first kappa shape index (κ1) is 13.0. The summed E-state index contributed by atoms with van der Waals surface area (Å²) in [5, 5.41) is 2.80. The predicted molar refractivity (Wildman–Crippen MR) is 69.4 cm³/mol. The van der Waals surface area contributed by atoms with Crippen LogP contribution >= 0.6 is 11.8 Å². The maximum absolute atomic E-state index is 11.8. The van der Waals surface area contributed by atoms with Crippen molar-refractivity contribution in [2.24, 2.45) is 0 Å². The molecule has 1 aromatic heterocycles. The minimum absolute atomic E-state index is 0.0216. The summed E-state index contributed by atoms with van der Waals surface area (Å²) in [6.45, 7) is 4.48. The first-order chi connectivity index (χ1) is 8.56. The third kappa shape index (κ3) is 3.07. The molecule has 1 aliphatic heterocycles. The fourth-order valence-electron chi connectivity index (χ4n) is 1.79. The number of nitrogens with zero attached hydrogens (tertiary/aromatic N) is 1. The zero-order valence-electron chi connectivity index (χ0n) is 10.4. The topological polar surface area (TPSA) is 62.6 Å². The van der Waals surface area contributed by atoms with Gasteiger partial charge in [-0.2, -0.15) is 0 Å². The molecule has 2 rings (SSSR count). The van der Waals surface area contributed by atoms with Crippen LogP contribution in [0, 0.1) is 6.92 Å². The molecule has 1 atom stereocenters. The van der Waals surface area contributed by atoms with E-state index in [9.17, 15) is 9.59 Å². The van der Waals surface area contributed by atoms with Crippen LogP contribution in [0.2, 0.25) is 0 Å². The van der Waals surface area contributed by atoms with Crippen molar-refractivity contribution in [3.8, 4) is 0 Å². The van der Waals surface area contributed by atoms with E-state index in [-0.39, 0.29) is 23.7 Å². The Kier molecular flexibility index (Phi) is 3.96. The molecule has 0 unspecified atom stereocenters. The summed E-state index contributed by atoms with van der Waals surface area (Å²) in [7, 11) is 0. The molecule has 1 aromatic rings. The maximum atomic E-state index is 11.8. The molecule has 1 saturated heterocycles. The Morgan fingerprint density at radius 1 is 1.61 bits per heavy atom. The van der Waals surface area contributed by atoms with Crippen molar-refractivity contribution in [2.45, 2.75) is 19.9 Å². The second-order valence-electron chi connectivity index (χ2n) is 4.27. The predicted octanol–water partition coefficient (Wildman–Crippen LogP) is 1.93. The third-order valence-electron chi connectivity index (χ3n) is 2.74. The molecule has 98 valence electrons. The first-order valence-electron chi connectivity index (χ1n) is 5.83. The summed E-state index contributed by atoms with van der Waals surface area (Å²) in [4.78, 5) is 24.7. The number of amides is 2. The van der Waals surface area contributed by atoms with Crippen molar-refractivity contribution in [1.29, 1.82) is 0 Å². The van der Waals surface area contributed by atoms with E-state index in [2.05, 4.69) is 5.32 Å². The van der Waals surface area contributed by atoms with Gasteiger partial charge in [0.25, 0.3) is 5.24 Å². The van der Waals surface area contributed by atoms with Crippen LogP contribution in [-0.2, 0) is 4.79 Å². The molecule has 0 aromatic carbocycles. The van der Waals surface area contributed by atoms with Crippen LogP contribution in [0.5, 0.6) is 0 Å². The highest BCUT2D eigenvalue weighted by Gasteiger charge is 2.24. The van der Waals surface area contributed by atoms with Gasteiger partial charge in [-0.3, -0.25) is 9.59 Å². The van der Waals surface area contributed by atoms with E-state index in [1.54, 1.807) is 4.90 Å². The van der Waals surface area contributed by atoms with Gasteiger partial charge in [-0.15, -0.1) is 0 Å². The number of furan rings is 1. The number of hydrogen-bond acceptors (Lipinski definition) is 4. The number of nitrogens with one attached hydrogen (secondary N) is 1. The molecule has 0 aliphatic carbocycles. The van der Waals surface area contributed by atoms with Gasteiger partial charge in [0, 0.05) is 12.3 Å². The Morgan fingerprint density at radius 3 is 2.94 bits per heavy atom. The summed E-state index contributed by atoms with van der Waals surface area (Å²) < 4.78 is 5.44. The molecule has 1 N–H and O–H groups in total. The van der Waals surface area contributed by atoms with Crippen LogP contribution in [0.25, 0.3) is 0 Å². The van der Waals surface area contributed by atoms with Gasteiger partial charge in [0.2, 0.25) is 5.91 Å². The van der Waals surface area contributed by atoms with Gasteiger partial charge in [-0.25, -0.2) is 0 Å². The van der Waals surface area contributed by atoms with Crippen molar-refractivity contribution >= 4 is 22.9 Å². The largest absolute Gasteiger partial charge is 0.464 e. The molecule has 2 heterocycles. The minimum atomic E-state index is -0.184. The van der Waals surface area contributed by atoms with Gasteiger partial charge in [-0.05, 0) is 26.0 Å². The molecule has 2 amide bonds. The van der Waals surface area contributed by atoms with Gasteiger partial charge in [0.15, 0.2) is 0 Å². The lowest BCUT2D eigenvalue weighted by Crippen LogP contribution is -2.38. The Bertz CT molecular complexity index is 458. The molecule has 0 saturated carbocycles. The summed E-state index contributed by atoms with van der Waals surface area (Å²) in [6, 6.07) is 3.52. The summed E-state index contributed by atoms with van der Waals surface area (Å²) >= 11 is 1.25. The molecule has 18 heavy (non-hydrogen) atoms. The number of hydrogen-bond donors (Lipinski definition) is 1. The number of aryl methyl sites for hydroxylation is 1. The van der Waals surface area contributed by atoms with E-state index in [0.717, 1.165) is 17.3 Å². The first-order valence-corrected chi connectivity index (χ1v) is 6.82. The lowest BCUT2D eigenvalue weighted by Gasteiger charge is -2.16. The molecular formula is C12H16N2O3S. The Balaban J connectivity index is 1.85. The molecule has 5 nitrogen and oxygen atoms in total. The van der Waals surface area contributed by atoms with Crippen LogP contribution in [0.15, 0.2) is 16.5 Å². The normalized spacial score (nSPS) is 17.0. The van der Waals surface area contributed by atoms with Crippen LogP contribution < -0.4 is 5.32 Å². The van der Waals surface area contributed by atoms with Gasteiger partial charge in [0.1, 0.15) is 18.1 Å². The average Bonchev–Trinajstić information content (AvgIpc) is 2.89. The molecule has 0 bridgehead atoms. The average molecular weight is 268 g/mol. The molecule has 6 heteroatoms. The Hall–Kier alpha value is -1.43. The lowest BCUT2D eigenvalue weighted by atomic mass is 10.2. The standard InChI is InChI=1S/C12H16N2O3S/c1-8-3-4-10(17-8)9(2)13-11(15)7-14-5-6-18-12(14)16/h3-4,9H,5-7H2,1-2H3,(H,13,15)/t9-/m0/s1. The highest BCUT2D eigenvalue weighted by molar-refractivity contribution is 8.13. The van der Waals surface area contributed by atoms with Gasteiger partial charge in [-0.1, -0.05) is 11.8 Å². The fourth-order valence-corrected chi connectivity index (χ4v) is 2.61. The van der Waals surface area contributed by atoms with Crippen molar-refractivity contribution in [1.82, 2.24) is 10.2 Å². The number of thioether (sulfide) groups is 1. The smallest absolute Gasteiger partial charge is 0.282 e. The van der Waals surface area contributed by atoms with E-state index in [1.807, 2.05) is 26.0 Å². The second kappa shape index (κ2) is 5.48. The maximum Gasteiger partial charge on any atom is 0.282 e. The molecule has 0 radical (unpaired) electrons. The summed E-state index contributed by atoms with van der Waals surface area (Å²) in [6.07, 6.45) is 0. The second-order valence-corrected chi connectivity index (χ2v) is 5.32. The Labute approximate surface area is 110 Å². The van der Waals surface area contributed by atoms with E-state index >= 15 is 0 Å². The monoisotopic (exact) mass is 268 g/mol. The van der Waals surface area contributed by atoms with Crippen LogP contribution in [0.3, 0.4) is 0 Å². The van der Waals surface area contributed by atoms with Crippen LogP contribution in [-0.4, -0.2) is 34.9 Å².